The maximum absolute atomic E-state index is 14.2. The lowest BCUT2D eigenvalue weighted by molar-refractivity contribution is -0.141. The smallest absolute Gasteiger partial charge is 0.408 e. The number of carbonyl (C=O) groups excluding carboxylic acids is 2. The number of amides is 2. The molecule has 8 rings (SSSR count). The first-order valence-corrected chi connectivity index (χ1v) is 24.5. The molecule has 0 radical (unpaired) electrons. The van der Waals surface area contributed by atoms with E-state index in [0.717, 1.165) is 82.1 Å². The fraction of sp³-hybridized carbons (Fsp3) is 0.431. The number of benzene rings is 4. The monoisotopic (exact) mass is 940 g/mol. The zero-order valence-electron chi connectivity index (χ0n) is 38.8. The molecule has 66 heavy (non-hydrogen) atoms. The van der Waals surface area contributed by atoms with Gasteiger partial charge >= 0.3 is 12.1 Å². The summed E-state index contributed by atoms with van der Waals surface area (Å²) in [6.07, 6.45) is 5.07. The van der Waals surface area contributed by atoms with E-state index in [-0.39, 0.29) is 35.4 Å². The number of carbonyl (C=O) groups is 3. The SMILES string of the molecule is CC[C@H](C)[C@H](N)C(=O)N1CCC[C@H]1c1nc(-c2ccc(F)c3ccccc23)cs1.CC[C@H](C)[C@H](NC(=O)OC(C)(C)C)C(=O)O.Fc1ccc(-c2csc([C@@H]3CCCN3)n2)c2ccccc12. The summed E-state index contributed by atoms with van der Waals surface area (Å²) in [5.41, 5.74) is 9.29. The summed E-state index contributed by atoms with van der Waals surface area (Å²) in [5, 5.41) is 24.0. The highest BCUT2D eigenvalue weighted by Crippen LogP contribution is 2.38. The number of nitrogens with one attached hydrogen (secondary N) is 2. The molecule has 5 N–H and O–H groups in total. The maximum Gasteiger partial charge on any atom is 0.408 e. The normalized spacial score (nSPS) is 17.8. The highest BCUT2D eigenvalue weighted by molar-refractivity contribution is 7.10. The minimum atomic E-state index is -1.04. The molecule has 0 aliphatic carbocycles. The van der Waals surface area contributed by atoms with Crippen molar-refractivity contribution in [2.75, 3.05) is 13.1 Å². The molecule has 4 aromatic carbocycles. The lowest BCUT2D eigenvalue weighted by Gasteiger charge is -2.28. The van der Waals surface area contributed by atoms with Crippen molar-refractivity contribution < 1.29 is 33.0 Å². The Hall–Kier alpha value is -5.35. The van der Waals surface area contributed by atoms with Crippen molar-refractivity contribution in [3.05, 3.63) is 105 Å². The van der Waals surface area contributed by atoms with Gasteiger partial charge in [-0.2, -0.15) is 0 Å². The summed E-state index contributed by atoms with van der Waals surface area (Å²) in [5.74, 6) is -1.41. The van der Waals surface area contributed by atoms with Crippen molar-refractivity contribution in [1.29, 1.82) is 0 Å². The highest BCUT2D eigenvalue weighted by atomic mass is 32.1. The predicted molar refractivity (Wildman–Crippen MR) is 261 cm³/mol. The summed E-state index contributed by atoms with van der Waals surface area (Å²) in [7, 11) is 0. The Balaban J connectivity index is 0.000000172. The number of nitrogens with zero attached hydrogens (tertiary/aromatic N) is 3. The van der Waals surface area contributed by atoms with Crippen LogP contribution in [0.5, 0.6) is 0 Å². The molecule has 0 unspecified atom stereocenters. The van der Waals surface area contributed by atoms with Gasteiger partial charge in [-0.05, 0) is 99.9 Å². The molecule has 352 valence electrons. The van der Waals surface area contributed by atoms with Crippen LogP contribution < -0.4 is 16.4 Å². The quantitative estimate of drug-likeness (QED) is 0.0991. The van der Waals surface area contributed by atoms with Crippen LogP contribution in [0.15, 0.2) is 83.6 Å². The van der Waals surface area contributed by atoms with Crippen molar-refractivity contribution in [2.24, 2.45) is 17.6 Å². The first-order valence-electron chi connectivity index (χ1n) is 22.8. The number of hydrogen-bond acceptors (Lipinski definition) is 10. The Morgan fingerprint density at radius 3 is 1.85 bits per heavy atom. The molecule has 0 spiro atoms. The van der Waals surface area contributed by atoms with Crippen LogP contribution in [0.1, 0.15) is 109 Å². The first-order chi connectivity index (χ1) is 31.5. The van der Waals surface area contributed by atoms with E-state index in [1.165, 1.54) is 18.6 Å². The van der Waals surface area contributed by atoms with E-state index < -0.39 is 29.7 Å². The fourth-order valence-corrected chi connectivity index (χ4v) is 9.99. The molecule has 2 fully saturated rings. The second-order valence-electron chi connectivity index (χ2n) is 18.0. The molecule has 0 saturated carbocycles. The average Bonchev–Trinajstić information content (AvgIpc) is 4.16. The molecular formula is C51H62F2N6O5S2. The van der Waals surface area contributed by atoms with Crippen LogP contribution in [0, 0.1) is 23.5 Å². The number of rotatable bonds is 11. The van der Waals surface area contributed by atoms with Crippen LogP contribution in [0.25, 0.3) is 44.1 Å². The zero-order valence-corrected chi connectivity index (χ0v) is 40.4. The number of aromatic nitrogens is 2. The number of halogens is 2. The second-order valence-corrected chi connectivity index (χ2v) is 19.8. The van der Waals surface area contributed by atoms with E-state index in [1.807, 2.05) is 72.7 Å². The van der Waals surface area contributed by atoms with Crippen LogP contribution in [0.3, 0.4) is 0 Å². The van der Waals surface area contributed by atoms with Crippen molar-refractivity contribution in [3.63, 3.8) is 0 Å². The van der Waals surface area contributed by atoms with Gasteiger partial charge in [0.15, 0.2) is 0 Å². The number of carboxylic acids is 1. The average molecular weight is 941 g/mol. The Morgan fingerprint density at radius 2 is 1.35 bits per heavy atom. The summed E-state index contributed by atoms with van der Waals surface area (Å²) in [4.78, 5) is 46.8. The van der Waals surface area contributed by atoms with E-state index in [9.17, 15) is 23.2 Å². The molecule has 2 saturated heterocycles. The molecular weight excluding hydrogens is 879 g/mol. The van der Waals surface area contributed by atoms with Crippen molar-refractivity contribution >= 4 is 62.2 Å². The van der Waals surface area contributed by atoms with Gasteiger partial charge in [0.1, 0.15) is 33.3 Å². The minimum absolute atomic E-state index is 0.0193. The maximum atomic E-state index is 14.2. The Kier molecular flexibility index (Phi) is 17.0. The predicted octanol–water partition coefficient (Wildman–Crippen LogP) is 11.7. The lowest BCUT2D eigenvalue weighted by Crippen LogP contribution is -2.46. The lowest BCUT2D eigenvalue weighted by atomic mass is 9.98. The van der Waals surface area contributed by atoms with Crippen molar-refractivity contribution in [2.45, 2.75) is 117 Å². The Morgan fingerprint density at radius 1 is 0.818 bits per heavy atom. The number of nitrogens with two attached hydrogens (primary N) is 1. The van der Waals surface area contributed by atoms with Gasteiger partial charge in [-0.1, -0.05) is 89.1 Å². The summed E-state index contributed by atoms with van der Waals surface area (Å²) in [6, 6.07) is 20.7. The highest BCUT2D eigenvalue weighted by Gasteiger charge is 2.36. The summed E-state index contributed by atoms with van der Waals surface area (Å²) < 4.78 is 33.1. The summed E-state index contributed by atoms with van der Waals surface area (Å²) in [6.45, 7) is 14.7. The van der Waals surface area contributed by atoms with Crippen LogP contribution in [-0.2, 0) is 14.3 Å². The van der Waals surface area contributed by atoms with E-state index in [2.05, 4.69) is 22.9 Å². The molecule has 6 atom stereocenters. The van der Waals surface area contributed by atoms with E-state index in [1.54, 1.807) is 62.5 Å². The third-order valence-corrected chi connectivity index (χ3v) is 14.1. The van der Waals surface area contributed by atoms with Crippen LogP contribution in [0.2, 0.25) is 0 Å². The van der Waals surface area contributed by atoms with Crippen LogP contribution in [0.4, 0.5) is 13.6 Å². The number of thiazole rings is 2. The third kappa shape index (κ3) is 12.2. The molecule has 2 aromatic heterocycles. The third-order valence-electron chi connectivity index (χ3n) is 12.2. The second kappa shape index (κ2) is 22.4. The number of carboxylic acid groups (broad SMARTS) is 1. The first kappa shape index (κ1) is 50.1. The molecule has 0 bridgehead atoms. The standard InChI is InChI=1S/C23H26FN3OS.C17H15FN2S.C11H21NO4/c1-3-14(2)21(25)23(28)27-12-6-9-20(27)22-26-19(13-29-22)17-10-11-18(24)16-8-5-4-7-15(16)17;18-14-8-7-13(11-4-1-2-5-12(11)14)16-10-21-17(20-16)15-6-3-9-19-15;1-6-7(2)8(9(13)14)12-10(15)16-11(3,4)5/h4-5,7-8,10-11,13-14,20-21H,3,6,9,12,25H2,1-2H3;1-2,4-5,7-8,10,15,19H,3,6,9H2;7-8H,6H2,1-5H3,(H,12,15)(H,13,14)/t14-,20-,21-;15-;7-,8-/m000/s1. The molecule has 15 heteroatoms. The molecule has 11 nitrogen and oxygen atoms in total. The number of alkyl carbamates (subject to hydrolysis) is 1. The van der Waals surface area contributed by atoms with Gasteiger partial charge in [-0.15, -0.1) is 22.7 Å². The van der Waals surface area contributed by atoms with Gasteiger partial charge in [-0.3, -0.25) is 4.79 Å². The molecule has 4 heterocycles. The topological polar surface area (TPSA) is 160 Å². The number of ether oxygens (including phenoxy) is 1. The Labute approximate surface area is 394 Å². The van der Waals surface area contributed by atoms with E-state index >= 15 is 0 Å². The van der Waals surface area contributed by atoms with Gasteiger partial charge < -0.3 is 31.1 Å². The number of hydrogen-bond donors (Lipinski definition) is 4. The van der Waals surface area contributed by atoms with E-state index in [0.29, 0.717) is 23.2 Å². The van der Waals surface area contributed by atoms with Gasteiger partial charge in [-0.25, -0.2) is 28.3 Å². The minimum Gasteiger partial charge on any atom is -0.480 e. The van der Waals surface area contributed by atoms with E-state index in [4.69, 9.17) is 25.5 Å². The number of likely N-dealkylation sites (tertiary alicyclic amines) is 1. The van der Waals surface area contributed by atoms with Crippen molar-refractivity contribution in [1.82, 2.24) is 25.5 Å². The molecule has 2 aliphatic heterocycles. The molecule has 2 amide bonds. The van der Waals surface area contributed by atoms with Gasteiger partial charge in [0, 0.05) is 39.2 Å². The van der Waals surface area contributed by atoms with Crippen LogP contribution in [-0.4, -0.2) is 68.7 Å². The zero-order chi connectivity index (χ0) is 47.7. The van der Waals surface area contributed by atoms with Gasteiger partial charge in [0.05, 0.1) is 29.5 Å². The summed E-state index contributed by atoms with van der Waals surface area (Å²) >= 11 is 3.25. The Bertz CT molecular complexity index is 2610. The van der Waals surface area contributed by atoms with Gasteiger partial charge in [0.2, 0.25) is 5.91 Å². The fourth-order valence-electron chi connectivity index (χ4n) is 8.10. The molecule has 2 aliphatic rings. The number of fused-ring (bicyclic) bond motifs is 2. The van der Waals surface area contributed by atoms with Crippen molar-refractivity contribution in [3.8, 4) is 22.5 Å². The van der Waals surface area contributed by atoms with Crippen LogP contribution >= 0.6 is 22.7 Å². The molecule has 6 aromatic rings. The van der Waals surface area contributed by atoms with Gasteiger partial charge in [0.25, 0.3) is 0 Å². The largest absolute Gasteiger partial charge is 0.480 e. The number of aliphatic carboxylic acids is 1.